The summed E-state index contributed by atoms with van der Waals surface area (Å²) in [4.78, 5) is 38.5. The fourth-order valence-corrected chi connectivity index (χ4v) is 2.22. The normalized spacial score (nSPS) is 11.7. The van der Waals surface area contributed by atoms with Gasteiger partial charge >= 0.3 is 12.0 Å². The molecule has 1 heterocycles. The van der Waals surface area contributed by atoms with E-state index >= 15 is 0 Å². The van der Waals surface area contributed by atoms with Crippen molar-refractivity contribution >= 4 is 40.8 Å². The summed E-state index contributed by atoms with van der Waals surface area (Å²) in [5.74, 6) is -1.38. The van der Waals surface area contributed by atoms with Crippen LogP contribution in [0.1, 0.15) is 6.92 Å². The lowest BCUT2D eigenvalue weighted by Gasteiger charge is -2.12. The first-order chi connectivity index (χ1) is 11.0. The molecule has 0 spiro atoms. The van der Waals surface area contributed by atoms with Crippen molar-refractivity contribution in [3.63, 3.8) is 0 Å². The van der Waals surface area contributed by atoms with Gasteiger partial charge in [-0.3, -0.25) is 14.9 Å². The van der Waals surface area contributed by atoms with E-state index in [0.29, 0.717) is 16.3 Å². The van der Waals surface area contributed by atoms with E-state index in [1.165, 1.54) is 14.0 Å². The Morgan fingerprint density at radius 1 is 1.35 bits per heavy atom. The minimum Gasteiger partial charge on any atom is -0.452 e. The Kier molecular flexibility index (Phi) is 5.58. The predicted octanol–water partition coefficient (Wildman–Crippen LogP) is 1.31. The second-order valence-electron chi connectivity index (χ2n) is 4.44. The third-order valence-corrected chi connectivity index (χ3v) is 3.53. The van der Waals surface area contributed by atoms with Crippen molar-refractivity contribution in [2.45, 2.75) is 18.3 Å². The lowest BCUT2D eigenvalue weighted by atomic mass is 10.3. The zero-order valence-corrected chi connectivity index (χ0v) is 13.3. The summed E-state index contributed by atoms with van der Waals surface area (Å²) in [6.45, 7) is 1.38. The number of benzene rings is 1. The quantitative estimate of drug-likeness (QED) is 0.625. The maximum Gasteiger partial charge on any atom is 0.321 e. The molecule has 1 aromatic heterocycles. The summed E-state index contributed by atoms with van der Waals surface area (Å²) in [6, 6.07) is 6.56. The van der Waals surface area contributed by atoms with Crippen LogP contribution in [0.15, 0.2) is 33.9 Å². The minimum atomic E-state index is -1.08. The zero-order valence-electron chi connectivity index (χ0n) is 12.5. The molecule has 0 saturated carbocycles. The van der Waals surface area contributed by atoms with Crippen LogP contribution in [0.4, 0.5) is 4.79 Å². The Hall–Kier alpha value is -2.55. The molecule has 1 aromatic carbocycles. The molecule has 0 aliphatic carbocycles. The van der Waals surface area contributed by atoms with Crippen LogP contribution in [0.5, 0.6) is 0 Å². The number of carbonyl (C=O) groups excluding carboxylic acids is 3. The summed E-state index contributed by atoms with van der Waals surface area (Å²) in [5.41, 5.74) is 1.32. The van der Waals surface area contributed by atoms with E-state index in [1.807, 2.05) is 17.4 Å². The summed E-state index contributed by atoms with van der Waals surface area (Å²) in [6.07, 6.45) is -1.08. The van der Waals surface area contributed by atoms with Crippen molar-refractivity contribution < 1.29 is 23.5 Å². The van der Waals surface area contributed by atoms with Crippen LogP contribution >= 0.6 is 11.8 Å². The molecule has 0 aliphatic rings. The van der Waals surface area contributed by atoms with E-state index in [4.69, 9.17) is 9.15 Å². The number of aromatic nitrogens is 1. The van der Waals surface area contributed by atoms with Crippen molar-refractivity contribution in [2.24, 2.45) is 0 Å². The van der Waals surface area contributed by atoms with Gasteiger partial charge in [-0.25, -0.2) is 9.78 Å². The van der Waals surface area contributed by atoms with Crippen LogP contribution in [0.3, 0.4) is 0 Å². The van der Waals surface area contributed by atoms with Crippen LogP contribution in [0, 0.1) is 0 Å². The third kappa shape index (κ3) is 4.71. The monoisotopic (exact) mass is 337 g/mol. The topological polar surface area (TPSA) is 111 Å². The van der Waals surface area contributed by atoms with E-state index in [9.17, 15) is 14.4 Å². The highest BCUT2D eigenvalue weighted by Crippen LogP contribution is 2.23. The first-order valence-electron chi connectivity index (χ1n) is 6.70. The molecule has 0 saturated heterocycles. The molecule has 3 amide bonds. The molecule has 0 unspecified atom stereocenters. The molecule has 2 aromatic rings. The highest BCUT2D eigenvalue weighted by Gasteiger charge is 2.20. The van der Waals surface area contributed by atoms with Gasteiger partial charge in [0.1, 0.15) is 11.3 Å². The van der Waals surface area contributed by atoms with Crippen LogP contribution in [0.2, 0.25) is 0 Å². The summed E-state index contributed by atoms with van der Waals surface area (Å²) >= 11 is 1.06. The number of fused-ring (bicyclic) bond motifs is 1. The van der Waals surface area contributed by atoms with Crippen molar-refractivity contribution in [2.75, 3.05) is 12.8 Å². The van der Waals surface area contributed by atoms with Gasteiger partial charge in [0.05, 0.1) is 0 Å². The van der Waals surface area contributed by atoms with E-state index in [-0.39, 0.29) is 5.75 Å². The Labute approximate surface area is 136 Å². The molecule has 23 heavy (non-hydrogen) atoms. The molecule has 2 N–H and O–H groups in total. The van der Waals surface area contributed by atoms with Crippen molar-refractivity contribution in [1.82, 2.24) is 15.6 Å². The number of thioether (sulfide) groups is 1. The van der Waals surface area contributed by atoms with Crippen LogP contribution in [0.25, 0.3) is 11.1 Å². The minimum absolute atomic E-state index is 0.0651. The number of hydrogen-bond donors (Lipinski definition) is 2. The first kappa shape index (κ1) is 16.8. The number of oxazole rings is 1. The van der Waals surface area contributed by atoms with E-state index in [0.717, 1.165) is 11.8 Å². The van der Waals surface area contributed by atoms with Crippen molar-refractivity contribution in [3.8, 4) is 0 Å². The standard InChI is InChI=1S/C14H15N3O5S/c1-8(12(19)17-13(20)15-2)21-11(18)7-23-14-16-9-5-3-4-6-10(9)22-14/h3-6,8H,7H2,1-2H3,(H2,15,17,19,20)/t8-/m0/s1. The number of esters is 1. The van der Waals surface area contributed by atoms with E-state index < -0.39 is 24.0 Å². The molecule has 8 nitrogen and oxygen atoms in total. The fourth-order valence-electron chi connectivity index (χ4n) is 1.59. The van der Waals surface area contributed by atoms with E-state index in [1.54, 1.807) is 12.1 Å². The molecule has 1 atom stereocenters. The summed E-state index contributed by atoms with van der Waals surface area (Å²) in [5, 5.41) is 4.59. The SMILES string of the molecule is CNC(=O)NC(=O)[C@H](C)OC(=O)CSc1nc2ccccc2o1. The Morgan fingerprint density at radius 2 is 2.09 bits per heavy atom. The van der Waals surface area contributed by atoms with Crippen molar-refractivity contribution in [1.29, 1.82) is 0 Å². The van der Waals surface area contributed by atoms with E-state index in [2.05, 4.69) is 10.3 Å². The number of nitrogens with zero attached hydrogens (tertiary/aromatic N) is 1. The number of imide groups is 1. The second-order valence-corrected chi connectivity index (χ2v) is 5.36. The predicted molar refractivity (Wildman–Crippen MR) is 82.9 cm³/mol. The maximum absolute atomic E-state index is 11.7. The number of ether oxygens (including phenoxy) is 1. The molecule has 122 valence electrons. The number of amides is 3. The second kappa shape index (κ2) is 7.63. The highest BCUT2D eigenvalue weighted by atomic mass is 32.2. The van der Waals surface area contributed by atoms with Gasteiger partial charge in [0.15, 0.2) is 11.7 Å². The molecular formula is C14H15N3O5S. The van der Waals surface area contributed by atoms with Crippen molar-refractivity contribution in [3.05, 3.63) is 24.3 Å². The number of rotatable bonds is 5. The Bertz CT molecular complexity index is 697. The van der Waals surface area contributed by atoms with Gasteiger partial charge in [0.25, 0.3) is 11.1 Å². The van der Waals surface area contributed by atoms with Gasteiger partial charge in [-0.05, 0) is 19.1 Å². The number of urea groups is 1. The summed E-state index contributed by atoms with van der Waals surface area (Å²) < 4.78 is 10.4. The average molecular weight is 337 g/mol. The Balaban J connectivity index is 1.82. The third-order valence-electron chi connectivity index (χ3n) is 2.73. The van der Waals surface area contributed by atoms with Crippen LogP contribution < -0.4 is 10.6 Å². The molecule has 9 heteroatoms. The van der Waals surface area contributed by atoms with Gasteiger partial charge in [0.2, 0.25) is 0 Å². The van der Waals surface area contributed by atoms with Gasteiger partial charge < -0.3 is 14.5 Å². The largest absolute Gasteiger partial charge is 0.452 e. The number of para-hydroxylation sites is 2. The fraction of sp³-hybridized carbons (Fsp3) is 0.286. The number of carbonyl (C=O) groups is 3. The molecule has 0 bridgehead atoms. The molecule has 0 radical (unpaired) electrons. The highest BCUT2D eigenvalue weighted by molar-refractivity contribution is 7.99. The first-order valence-corrected chi connectivity index (χ1v) is 7.68. The molecule has 0 aliphatic heterocycles. The number of nitrogens with one attached hydrogen (secondary N) is 2. The van der Waals surface area contributed by atoms with Crippen LogP contribution in [-0.4, -0.2) is 41.8 Å². The average Bonchev–Trinajstić information content (AvgIpc) is 2.95. The number of hydrogen-bond acceptors (Lipinski definition) is 7. The van der Waals surface area contributed by atoms with Gasteiger partial charge in [-0.2, -0.15) is 0 Å². The molecule has 2 rings (SSSR count). The molecular weight excluding hydrogens is 322 g/mol. The lowest BCUT2D eigenvalue weighted by Crippen LogP contribution is -2.43. The zero-order chi connectivity index (χ0) is 16.8. The Morgan fingerprint density at radius 3 is 2.78 bits per heavy atom. The van der Waals surface area contributed by atoms with Gasteiger partial charge in [-0.15, -0.1) is 0 Å². The summed E-state index contributed by atoms with van der Waals surface area (Å²) in [7, 11) is 1.37. The van der Waals surface area contributed by atoms with Gasteiger partial charge in [-0.1, -0.05) is 23.9 Å². The molecule has 0 fully saturated rings. The van der Waals surface area contributed by atoms with Crippen LogP contribution in [-0.2, 0) is 14.3 Å². The lowest BCUT2D eigenvalue weighted by molar-refractivity contribution is -0.151. The maximum atomic E-state index is 11.7. The van der Waals surface area contributed by atoms with Gasteiger partial charge in [0, 0.05) is 7.05 Å². The smallest absolute Gasteiger partial charge is 0.321 e.